The van der Waals surface area contributed by atoms with Crippen LogP contribution in [0.4, 0.5) is 5.82 Å². The Hall–Kier alpha value is -2.54. The maximum Gasteiger partial charge on any atom is 0.316 e. The molecule has 0 atom stereocenters. The van der Waals surface area contributed by atoms with Gasteiger partial charge in [0.1, 0.15) is 5.82 Å². The molecule has 1 aliphatic rings. The zero-order valence-corrected chi connectivity index (χ0v) is 16.0. The number of nitrogens with zero attached hydrogens (tertiary/aromatic N) is 4. The van der Waals surface area contributed by atoms with Gasteiger partial charge >= 0.3 is 6.01 Å². The SMILES string of the molecule is CCCC(=O)N(c1ccc(-c2cnc(OC)nc2)cn1)C1CCC(N)CC1. The number of rotatable bonds is 6. The molecule has 1 saturated carbocycles. The maximum absolute atomic E-state index is 12.8. The molecule has 3 rings (SSSR count). The highest BCUT2D eigenvalue weighted by Crippen LogP contribution is 2.28. The van der Waals surface area contributed by atoms with Crippen molar-refractivity contribution in [3.8, 4) is 17.1 Å². The predicted octanol–water partition coefficient (Wildman–Crippen LogP) is 2.95. The molecular formula is C20H27N5O2. The lowest BCUT2D eigenvalue weighted by Gasteiger charge is -2.35. The van der Waals surface area contributed by atoms with E-state index in [1.165, 1.54) is 7.11 Å². The van der Waals surface area contributed by atoms with E-state index < -0.39 is 0 Å². The first-order chi connectivity index (χ1) is 13.1. The Morgan fingerprint density at radius 3 is 2.33 bits per heavy atom. The first kappa shape index (κ1) is 19.2. The molecule has 0 aromatic carbocycles. The molecular weight excluding hydrogens is 342 g/mol. The van der Waals surface area contributed by atoms with Crippen LogP contribution in [0.5, 0.6) is 6.01 Å². The lowest BCUT2D eigenvalue weighted by Crippen LogP contribution is -2.44. The number of pyridine rings is 1. The summed E-state index contributed by atoms with van der Waals surface area (Å²) in [5, 5.41) is 0. The van der Waals surface area contributed by atoms with E-state index in [0.29, 0.717) is 18.2 Å². The molecule has 0 saturated heterocycles. The fourth-order valence-electron chi connectivity index (χ4n) is 3.48. The second-order valence-corrected chi connectivity index (χ2v) is 6.95. The zero-order valence-electron chi connectivity index (χ0n) is 16.0. The van der Waals surface area contributed by atoms with Gasteiger partial charge in [-0.1, -0.05) is 6.92 Å². The van der Waals surface area contributed by atoms with E-state index in [1.807, 2.05) is 24.0 Å². The van der Waals surface area contributed by atoms with Gasteiger partial charge in [-0.2, -0.15) is 0 Å². The van der Waals surface area contributed by atoms with Crippen LogP contribution in [-0.4, -0.2) is 40.1 Å². The van der Waals surface area contributed by atoms with Gasteiger partial charge in [0.25, 0.3) is 0 Å². The number of hydrogen-bond acceptors (Lipinski definition) is 6. The van der Waals surface area contributed by atoms with E-state index in [9.17, 15) is 4.79 Å². The van der Waals surface area contributed by atoms with E-state index in [-0.39, 0.29) is 18.0 Å². The number of hydrogen-bond donors (Lipinski definition) is 1. The van der Waals surface area contributed by atoms with Gasteiger partial charge in [0.15, 0.2) is 0 Å². The number of aromatic nitrogens is 3. The molecule has 0 spiro atoms. The first-order valence-corrected chi connectivity index (χ1v) is 9.52. The van der Waals surface area contributed by atoms with Crippen molar-refractivity contribution < 1.29 is 9.53 Å². The molecule has 1 amide bonds. The highest BCUT2D eigenvalue weighted by atomic mass is 16.5. The van der Waals surface area contributed by atoms with E-state index in [2.05, 4.69) is 15.0 Å². The van der Waals surface area contributed by atoms with Crippen LogP contribution in [0.15, 0.2) is 30.7 Å². The molecule has 0 radical (unpaired) electrons. The summed E-state index contributed by atoms with van der Waals surface area (Å²) in [6, 6.07) is 4.60. The van der Waals surface area contributed by atoms with Gasteiger partial charge in [-0.25, -0.2) is 15.0 Å². The van der Waals surface area contributed by atoms with Crippen LogP contribution >= 0.6 is 0 Å². The second kappa shape index (κ2) is 8.90. The highest BCUT2D eigenvalue weighted by molar-refractivity contribution is 5.93. The molecule has 0 unspecified atom stereocenters. The summed E-state index contributed by atoms with van der Waals surface area (Å²) >= 11 is 0. The smallest absolute Gasteiger partial charge is 0.316 e. The van der Waals surface area contributed by atoms with Crippen molar-refractivity contribution in [3.05, 3.63) is 30.7 Å². The van der Waals surface area contributed by atoms with Gasteiger partial charge in [0, 0.05) is 48.2 Å². The van der Waals surface area contributed by atoms with Gasteiger partial charge in [-0.05, 0) is 44.2 Å². The minimum Gasteiger partial charge on any atom is -0.467 e. The quantitative estimate of drug-likeness (QED) is 0.841. The standard InChI is InChI=1S/C20H27N5O2/c1-3-4-19(26)25(17-8-6-16(21)7-9-17)18-10-5-14(11-22-18)15-12-23-20(27-2)24-13-15/h5,10-13,16-17H,3-4,6-9,21H2,1-2H3. The molecule has 2 aromatic rings. The summed E-state index contributed by atoms with van der Waals surface area (Å²) in [6.45, 7) is 2.02. The predicted molar refractivity (Wildman–Crippen MR) is 104 cm³/mol. The fourth-order valence-corrected chi connectivity index (χ4v) is 3.48. The number of ether oxygens (including phenoxy) is 1. The molecule has 144 valence electrons. The molecule has 0 bridgehead atoms. The van der Waals surface area contributed by atoms with Gasteiger partial charge in [-0.3, -0.25) is 9.69 Å². The molecule has 27 heavy (non-hydrogen) atoms. The van der Waals surface area contributed by atoms with Gasteiger partial charge in [0.2, 0.25) is 5.91 Å². The minimum atomic E-state index is 0.131. The third kappa shape index (κ3) is 4.60. The Morgan fingerprint density at radius 2 is 1.78 bits per heavy atom. The van der Waals surface area contributed by atoms with Crippen LogP contribution < -0.4 is 15.4 Å². The van der Waals surface area contributed by atoms with E-state index >= 15 is 0 Å². The molecule has 7 heteroatoms. The molecule has 2 heterocycles. The van der Waals surface area contributed by atoms with Crippen molar-refractivity contribution in [1.29, 1.82) is 0 Å². The van der Waals surface area contributed by atoms with Crippen LogP contribution in [0.2, 0.25) is 0 Å². The topological polar surface area (TPSA) is 94.2 Å². The number of carbonyl (C=O) groups is 1. The minimum absolute atomic E-state index is 0.131. The van der Waals surface area contributed by atoms with Crippen LogP contribution in [0.3, 0.4) is 0 Å². The summed E-state index contributed by atoms with van der Waals surface area (Å²) in [5.41, 5.74) is 7.79. The van der Waals surface area contributed by atoms with E-state index in [0.717, 1.165) is 43.2 Å². The Morgan fingerprint density at radius 1 is 1.11 bits per heavy atom. The normalized spacial score (nSPS) is 19.5. The van der Waals surface area contributed by atoms with Crippen LogP contribution in [0, 0.1) is 0 Å². The summed E-state index contributed by atoms with van der Waals surface area (Å²) < 4.78 is 4.99. The highest BCUT2D eigenvalue weighted by Gasteiger charge is 2.29. The van der Waals surface area contributed by atoms with Crippen molar-refractivity contribution in [2.24, 2.45) is 5.73 Å². The van der Waals surface area contributed by atoms with Crippen molar-refractivity contribution in [3.63, 3.8) is 0 Å². The van der Waals surface area contributed by atoms with Crippen molar-refractivity contribution in [1.82, 2.24) is 15.0 Å². The van der Waals surface area contributed by atoms with E-state index in [1.54, 1.807) is 18.6 Å². The van der Waals surface area contributed by atoms with Crippen LogP contribution in [0.25, 0.3) is 11.1 Å². The number of amides is 1. The number of anilines is 1. The number of methoxy groups -OCH3 is 1. The molecule has 0 aliphatic heterocycles. The Balaban J connectivity index is 1.82. The van der Waals surface area contributed by atoms with Gasteiger partial charge < -0.3 is 10.5 Å². The molecule has 2 N–H and O–H groups in total. The average Bonchev–Trinajstić information content (AvgIpc) is 2.70. The van der Waals surface area contributed by atoms with Crippen molar-refractivity contribution >= 4 is 11.7 Å². The summed E-state index contributed by atoms with van der Waals surface area (Å²) in [6.07, 6.45) is 10.3. The largest absolute Gasteiger partial charge is 0.467 e. The Labute approximate surface area is 160 Å². The fraction of sp³-hybridized carbons (Fsp3) is 0.500. The average molecular weight is 369 g/mol. The van der Waals surface area contributed by atoms with Gasteiger partial charge in [-0.15, -0.1) is 0 Å². The molecule has 2 aromatic heterocycles. The van der Waals surface area contributed by atoms with Crippen LogP contribution in [0.1, 0.15) is 45.4 Å². The number of nitrogens with two attached hydrogens (primary N) is 1. The maximum atomic E-state index is 12.8. The third-order valence-electron chi connectivity index (χ3n) is 4.98. The van der Waals surface area contributed by atoms with E-state index in [4.69, 9.17) is 10.5 Å². The second-order valence-electron chi connectivity index (χ2n) is 6.95. The molecule has 7 nitrogen and oxygen atoms in total. The summed E-state index contributed by atoms with van der Waals surface area (Å²) in [4.78, 5) is 27.5. The number of carbonyl (C=O) groups excluding carboxylic acids is 1. The lowest BCUT2D eigenvalue weighted by molar-refractivity contribution is -0.119. The molecule has 1 fully saturated rings. The van der Waals surface area contributed by atoms with Crippen LogP contribution in [-0.2, 0) is 4.79 Å². The lowest BCUT2D eigenvalue weighted by atomic mass is 9.90. The van der Waals surface area contributed by atoms with Crippen molar-refractivity contribution in [2.75, 3.05) is 12.0 Å². The Kier molecular flexibility index (Phi) is 6.34. The van der Waals surface area contributed by atoms with Gasteiger partial charge in [0.05, 0.1) is 7.11 Å². The first-order valence-electron chi connectivity index (χ1n) is 9.52. The van der Waals surface area contributed by atoms with Crippen molar-refractivity contribution in [2.45, 2.75) is 57.5 Å². The summed E-state index contributed by atoms with van der Waals surface area (Å²) in [5.74, 6) is 0.832. The summed E-state index contributed by atoms with van der Waals surface area (Å²) in [7, 11) is 1.53. The Bertz CT molecular complexity index is 740. The molecule has 1 aliphatic carbocycles. The third-order valence-corrected chi connectivity index (χ3v) is 4.98. The monoisotopic (exact) mass is 369 g/mol. The zero-order chi connectivity index (χ0) is 19.2.